The van der Waals surface area contributed by atoms with Crippen LogP contribution in [0.1, 0.15) is 37.8 Å². The van der Waals surface area contributed by atoms with Crippen LogP contribution in [0.5, 0.6) is 11.5 Å². The molecule has 0 spiro atoms. The van der Waals surface area contributed by atoms with Crippen molar-refractivity contribution in [1.82, 2.24) is 14.8 Å². The van der Waals surface area contributed by atoms with E-state index in [9.17, 15) is 4.79 Å². The van der Waals surface area contributed by atoms with Gasteiger partial charge in [-0.15, -0.1) is 5.10 Å². The van der Waals surface area contributed by atoms with Crippen molar-refractivity contribution in [2.24, 2.45) is 0 Å². The summed E-state index contributed by atoms with van der Waals surface area (Å²) in [4.78, 5) is 17.8. The molecule has 7 heteroatoms. The first-order chi connectivity index (χ1) is 15.2. The number of nitrogens with zero attached hydrogens (tertiary/aromatic N) is 3. The van der Waals surface area contributed by atoms with Gasteiger partial charge in [0.25, 0.3) is 0 Å². The van der Waals surface area contributed by atoms with Gasteiger partial charge in [-0.25, -0.2) is 4.68 Å². The summed E-state index contributed by atoms with van der Waals surface area (Å²) in [5.74, 6) is 2.91. The number of hydrogen-bond donors (Lipinski definition) is 1. The van der Waals surface area contributed by atoms with Crippen molar-refractivity contribution in [3.05, 3.63) is 65.4 Å². The van der Waals surface area contributed by atoms with Crippen molar-refractivity contribution < 1.29 is 14.3 Å². The topological polar surface area (TPSA) is 78.3 Å². The van der Waals surface area contributed by atoms with E-state index in [0.717, 1.165) is 46.7 Å². The zero-order valence-corrected chi connectivity index (χ0v) is 17.6. The molecule has 2 aliphatic rings. The Morgan fingerprint density at radius 3 is 2.71 bits per heavy atom. The number of ketones is 1. The molecule has 2 aromatic carbocycles. The second-order valence-corrected chi connectivity index (χ2v) is 7.60. The van der Waals surface area contributed by atoms with Gasteiger partial charge in [0, 0.05) is 28.8 Å². The SMILES string of the molecule is CCOc1ccccc1C1C2=C(CCCC2=O)Nc2nc(-c3ccc(OC)cc3)nn21. The van der Waals surface area contributed by atoms with Crippen molar-refractivity contribution in [3.8, 4) is 22.9 Å². The van der Waals surface area contributed by atoms with Gasteiger partial charge in [0.2, 0.25) is 5.95 Å². The number of hydrogen-bond acceptors (Lipinski definition) is 6. The molecule has 0 amide bonds. The number of Topliss-reactive ketones (excluding diaryl/α,β-unsaturated/α-hetero) is 1. The van der Waals surface area contributed by atoms with Crippen LogP contribution in [0, 0.1) is 0 Å². The highest BCUT2D eigenvalue weighted by Gasteiger charge is 2.38. The second kappa shape index (κ2) is 7.91. The van der Waals surface area contributed by atoms with Crippen molar-refractivity contribution in [1.29, 1.82) is 0 Å². The van der Waals surface area contributed by atoms with E-state index in [1.165, 1.54) is 0 Å². The number of methoxy groups -OCH3 is 1. The predicted octanol–water partition coefficient (Wildman–Crippen LogP) is 4.37. The number of nitrogens with one attached hydrogen (secondary N) is 1. The third-order valence-corrected chi connectivity index (χ3v) is 5.73. The van der Waals surface area contributed by atoms with Crippen LogP contribution in [0.3, 0.4) is 0 Å². The average molecular weight is 416 g/mol. The van der Waals surface area contributed by atoms with E-state index in [2.05, 4.69) is 5.32 Å². The molecule has 3 aromatic rings. The highest BCUT2D eigenvalue weighted by atomic mass is 16.5. The van der Waals surface area contributed by atoms with E-state index >= 15 is 0 Å². The molecule has 7 nitrogen and oxygen atoms in total. The van der Waals surface area contributed by atoms with Gasteiger partial charge < -0.3 is 14.8 Å². The van der Waals surface area contributed by atoms with E-state index in [1.807, 2.05) is 60.1 Å². The number of anilines is 1. The monoisotopic (exact) mass is 416 g/mol. The molecule has 1 atom stereocenters. The Morgan fingerprint density at radius 1 is 1.13 bits per heavy atom. The number of carbonyl (C=O) groups excluding carboxylic acids is 1. The van der Waals surface area contributed by atoms with Crippen LogP contribution in [0.2, 0.25) is 0 Å². The Kier molecular flexibility index (Phi) is 4.94. The molecule has 2 heterocycles. The van der Waals surface area contributed by atoms with Crippen LogP contribution in [0.15, 0.2) is 59.8 Å². The number of rotatable bonds is 5. The van der Waals surface area contributed by atoms with E-state index in [1.54, 1.807) is 7.11 Å². The van der Waals surface area contributed by atoms with E-state index in [-0.39, 0.29) is 11.8 Å². The smallest absolute Gasteiger partial charge is 0.226 e. The van der Waals surface area contributed by atoms with Crippen molar-refractivity contribution in [2.75, 3.05) is 19.0 Å². The summed E-state index contributed by atoms with van der Waals surface area (Å²) in [5, 5.41) is 8.20. The lowest BCUT2D eigenvalue weighted by molar-refractivity contribution is -0.116. The van der Waals surface area contributed by atoms with E-state index in [0.29, 0.717) is 24.8 Å². The first-order valence-electron chi connectivity index (χ1n) is 10.6. The van der Waals surface area contributed by atoms with Gasteiger partial charge in [0.1, 0.15) is 17.5 Å². The lowest BCUT2D eigenvalue weighted by Gasteiger charge is -2.32. The van der Waals surface area contributed by atoms with Crippen molar-refractivity contribution in [2.45, 2.75) is 32.2 Å². The minimum Gasteiger partial charge on any atom is -0.497 e. The predicted molar refractivity (Wildman–Crippen MR) is 117 cm³/mol. The first-order valence-corrected chi connectivity index (χ1v) is 10.6. The number of ether oxygens (including phenoxy) is 2. The highest BCUT2D eigenvalue weighted by Crippen LogP contribution is 2.43. The summed E-state index contributed by atoms with van der Waals surface area (Å²) >= 11 is 0. The molecule has 0 saturated heterocycles. The lowest BCUT2D eigenvalue weighted by atomic mass is 9.85. The van der Waals surface area contributed by atoms with Gasteiger partial charge >= 0.3 is 0 Å². The lowest BCUT2D eigenvalue weighted by Crippen LogP contribution is -2.31. The van der Waals surface area contributed by atoms with Gasteiger partial charge in [-0.2, -0.15) is 4.98 Å². The Bertz CT molecular complexity index is 1160. The molecule has 1 N–H and O–H groups in total. The fourth-order valence-electron chi connectivity index (χ4n) is 4.30. The highest BCUT2D eigenvalue weighted by molar-refractivity contribution is 5.99. The van der Waals surface area contributed by atoms with Crippen LogP contribution >= 0.6 is 0 Å². The molecule has 0 bridgehead atoms. The summed E-state index contributed by atoms with van der Waals surface area (Å²) in [6.45, 7) is 2.50. The minimum atomic E-state index is -0.374. The van der Waals surface area contributed by atoms with Gasteiger partial charge in [-0.05, 0) is 50.1 Å². The molecule has 1 unspecified atom stereocenters. The van der Waals surface area contributed by atoms with Crippen LogP contribution in [0.25, 0.3) is 11.4 Å². The zero-order chi connectivity index (χ0) is 21.4. The van der Waals surface area contributed by atoms with Crippen LogP contribution in [-0.4, -0.2) is 34.3 Å². The Morgan fingerprint density at radius 2 is 1.94 bits per heavy atom. The Labute approximate surface area is 180 Å². The molecule has 5 rings (SSSR count). The maximum atomic E-state index is 13.0. The average Bonchev–Trinajstić information content (AvgIpc) is 3.22. The Hall–Kier alpha value is -3.61. The van der Waals surface area contributed by atoms with E-state index < -0.39 is 0 Å². The first kappa shape index (κ1) is 19.4. The Balaban J connectivity index is 1.66. The fraction of sp³-hybridized carbons (Fsp3) is 0.292. The van der Waals surface area contributed by atoms with Gasteiger partial charge in [-0.1, -0.05) is 18.2 Å². The zero-order valence-electron chi connectivity index (χ0n) is 17.6. The molecule has 0 saturated carbocycles. The fourth-order valence-corrected chi connectivity index (χ4v) is 4.30. The number of benzene rings is 2. The largest absolute Gasteiger partial charge is 0.497 e. The van der Waals surface area contributed by atoms with Crippen LogP contribution in [0.4, 0.5) is 5.95 Å². The summed E-state index contributed by atoms with van der Waals surface area (Å²) in [6, 6.07) is 15.1. The number of para-hydroxylation sites is 1. The molecule has 0 radical (unpaired) electrons. The number of fused-ring (bicyclic) bond motifs is 1. The maximum absolute atomic E-state index is 13.0. The summed E-state index contributed by atoms with van der Waals surface area (Å²) < 4.78 is 13.0. The molecular weight excluding hydrogens is 392 g/mol. The second-order valence-electron chi connectivity index (χ2n) is 7.60. The standard InChI is InChI=1S/C24H24N4O3/c1-3-31-20-10-5-4-7-17(20)22-21-18(8-6-9-19(21)29)25-24-26-23(27-28(22)24)15-11-13-16(30-2)14-12-15/h4-5,7,10-14,22H,3,6,8-9H2,1-2H3,(H,25,26,27). The van der Waals surface area contributed by atoms with Crippen molar-refractivity contribution >= 4 is 11.7 Å². The summed E-state index contributed by atoms with van der Waals surface area (Å²) in [5.41, 5.74) is 3.50. The number of carbonyl (C=O) groups is 1. The molecular formula is C24H24N4O3. The van der Waals surface area contributed by atoms with Gasteiger partial charge in [-0.3, -0.25) is 4.79 Å². The van der Waals surface area contributed by atoms with Crippen LogP contribution in [-0.2, 0) is 4.79 Å². The maximum Gasteiger partial charge on any atom is 0.226 e. The molecule has 0 fully saturated rings. The molecule has 1 aliphatic heterocycles. The molecule has 31 heavy (non-hydrogen) atoms. The minimum absolute atomic E-state index is 0.150. The van der Waals surface area contributed by atoms with E-state index in [4.69, 9.17) is 19.6 Å². The summed E-state index contributed by atoms with van der Waals surface area (Å²) in [6.07, 6.45) is 2.20. The number of allylic oxidation sites excluding steroid dienone is 2. The molecule has 1 aromatic heterocycles. The van der Waals surface area contributed by atoms with Crippen molar-refractivity contribution in [3.63, 3.8) is 0 Å². The van der Waals surface area contributed by atoms with Gasteiger partial charge in [0.15, 0.2) is 11.6 Å². The summed E-state index contributed by atoms with van der Waals surface area (Å²) in [7, 11) is 1.64. The quantitative estimate of drug-likeness (QED) is 0.665. The number of aromatic nitrogens is 3. The molecule has 158 valence electrons. The van der Waals surface area contributed by atoms with Crippen LogP contribution < -0.4 is 14.8 Å². The van der Waals surface area contributed by atoms with Gasteiger partial charge in [0.05, 0.1) is 13.7 Å². The normalized spacial score (nSPS) is 17.6. The third-order valence-electron chi connectivity index (χ3n) is 5.73. The third kappa shape index (κ3) is 3.36. The molecule has 1 aliphatic carbocycles.